The van der Waals surface area contributed by atoms with Gasteiger partial charge >= 0.3 is 18.0 Å². The molecule has 0 saturated carbocycles. The Bertz CT molecular complexity index is 3460. The minimum Gasteiger partial charge on any atom is -0.479 e. The van der Waals surface area contributed by atoms with Crippen LogP contribution in [0.4, 0.5) is 10.5 Å². The number of nitrogens with zero attached hydrogens (tertiary/aromatic N) is 2. The van der Waals surface area contributed by atoms with E-state index in [1.54, 1.807) is 45.5 Å². The lowest BCUT2D eigenvalue weighted by molar-refractivity contribution is -0.271. The van der Waals surface area contributed by atoms with E-state index in [1.807, 2.05) is 62.3 Å². The SMILES string of the molecule is CC/C(C)=N/OCCCCCC(=O)NC(CNC(=O)CCOCCOCCOCCOCCOCCOCCOCCOCCOCCOCCOCCOC)C(=O)NCCC(=O)NCc1cc(COC(=O)Nc2cccc(C(C)(C)C(NC)C(=O)NC(C(=O)N(C)C(/C=C(\C)C(=O)O)C(C)C)C(C)(C)C)c2)ccc1OC1OC(C(=O)O)C(O)C(O)C1O. The van der Waals surface area contributed by atoms with Crippen LogP contribution in [0, 0.1) is 11.3 Å². The van der Waals surface area contributed by atoms with Crippen LogP contribution in [0.2, 0.25) is 0 Å². The van der Waals surface area contributed by atoms with Gasteiger partial charge in [-0.15, -0.1) is 0 Å². The number of aliphatic hydroxyl groups is 3. The lowest BCUT2D eigenvalue weighted by atomic mass is 9.76. The van der Waals surface area contributed by atoms with Gasteiger partial charge in [-0.2, -0.15) is 0 Å². The van der Waals surface area contributed by atoms with Crippen molar-refractivity contribution in [1.29, 1.82) is 0 Å². The number of ether oxygens (including phenoxy) is 15. The maximum absolute atomic E-state index is 14.4. The number of carboxylic acids is 2. The Morgan fingerprint density at radius 3 is 1.61 bits per heavy atom. The number of methoxy groups -OCH3 is 1. The van der Waals surface area contributed by atoms with E-state index in [1.165, 1.54) is 36.1 Å². The summed E-state index contributed by atoms with van der Waals surface area (Å²) in [6, 6.07) is 7.08. The van der Waals surface area contributed by atoms with Gasteiger partial charge in [0.15, 0.2) is 6.10 Å². The zero-order valence-electron chi connectivity index (χ0n) is 74.0. The number of oxime groups is 1. The molecule has 1 aliphatic rings. The van der Waals surface area contributed by atoms with E-state index < -0.39 is 126 Å². The predicted octanol–water partition coefficient (Wildman–Crippen LogP) is 2.92. The summed E-state index contributed by atoms with van der Waals surface area (Å²) in [5, 5.41) is 74.7. The summed E-state index contributed by atoms with van der Waals surface area (Å²) in [5.74, 6) is -6.29. The highest BCUT2D eigenvalue weighted by Crippen LogP contribution is 2.32. The van der Waals surface area contributed by atoms with Crippen molar-refractivity contribution in [3.63, 3.8) is 0 Å². The second-order valence-corrected chi connectivity index (χ2v) is 30.7. The predicted molar refractivity (Wildman–Crippen MR) is 449 cm³/mol. The van der Waals surface area contributed by atoms with Gasteiger partial charge in [-0.3, -0.25) is 34.1 Å². The van der Waals surface area contributed by atoms with E-state index in [0.29, 0.717) is 169 Å². The van der Waals surface area contributed by atoms with Crippen LogP contribution in [-0.4, -0.2) is 337 Å². The third-order valence-corrected chi connectivity index (χ3v) is 19.1. The van der Waals surface area contributed by atoms with E-state index >= 15 is 0 Å². The van der Waals surface area contributed by atoms with Gasteiger partial charge in [0.25, 0.3) is 0 Å². The number of aliphatic carboxylic acids is 2. The number of hydrogen-bond acceptors (Lipinski definition) is 30. The number of unbranched alkanes of at least 4 members (excludes halogenated alkanes) is 2. The first-order valence-corrected chi connectivity index (χ1v) is 41.8. The monoisotopic (exact) mass is 1750 g/mol. The molecule has 0 bridgehead atoms. The lowest BCUT2D eigenvalue weighted by Crippen LogP contribution is -2.61. The molecule has 1 saturated heterocycles. The summed E-state index contributed by atoms with van der Waals surface area (Å²) >= 11 is 0. The highest BCUT2D eigenvalue weighted by atomic mass is 16.7. The fourth-order valence-corrected chi connectivity index (χ4v) is 11.8. The normalized spacial score (nSPS) is 16.7. The molecule has 9 atom stereocenters. The van der Waals surface area contributed by atoms with E-state index in [-0.39, 0.29) is 87.2 Å². The van der Waals surface area contributed by atoms with Gasteiger partial charge in [0.1, 0.15) is 49.4 Å². The molecule has 2 aromatic rings. The minimum absolute atomic E-state index is 0.0188. The third kappa shape index (κ3) is 45.5. The second kappa shape index (κ2) is 62.8. The minimum atomic E-state index is -2.03. The van der Waals surface area contributed by atoms with Crippen molar-refractivity contribution < 1.29 is 145 Å². The van der Waals surface area contributed by atoms with Crippen LogP contribution in [0.25, 0.3) is 0 Å². The molecule has 0 spiro atoms. The molecule has 0 aliphatic carbocycles. The molecule has 12 N–H and O–H groups in total. The maximum atomic E-state index is 14.4. The summed E-state index contributed by atoms with van der Waals surface area (Å²) in [4.78, 5) is 126. The summed E-state index contributed by atoms with van der Waals surface area (Å²) in [6.45, 7) is 26.2. The number of amides is 7. The van der Waals surface area contributed by atoms with Crippen LogP contribution >= 0.6 is 0 Å². The maximum Gasteiger partial charge on any atom is 0.411 e. The van der Waals surface area contributed by atoms with Crippen molar-refractivity contribution in [1.82, 2.24) is 36.8 Å². The van der Waals surface area contributed by atoms with Gasteiger partial charge < -0.3 is 138 Å². The van der Waals surface area contributed by atoms with Crippen LogP contribution in [0.1, 0.15) is 131 Å². The van der Waals surface area contributed by atoms with Gasteiger partial charge in [-0.25, -0.2) is 14.4 Å². The molecule has 39 heteroatoms. The molecule has 1 heterocycles. The second-order valence-electron chi connectivity index (χ2n) is 30.7. The summed E-state index contributed by atoms with van der Waals surface area (Å²) < 4.78 is 82.4. The topological polar surface area (TPSA) is 502 Å². The first-order chi connectivity index (χ1) is 58.8. The zero-order valence-corrected chi connectivity index (χ0v) is 74.0. The van der Waals surface area contributed by atoms with Crippen molar-refractivity contribution >= 4 is 64.9 Å². The molecule has 0 aromatic heterocycles. The average molecular weight is 1760 g/mol. The van der Waals surface area contributed by atoms with Crippen molar-refractivity contribution in [3.8, 4) is 5.75 Å². The van der Waals surface area contributed by atoms with Gasteiger partial charge in [0.2, 0.25) is 41.7 Å². The standard InChI is InChI=1S/C84H139N9O30/c1-14-59(5)92-121-27-17-15-16-21-69(96)90-64(55-88-68(95)25-28-109-31-32-111-35-36-113-39-40-115-43-44-117-47-48-119-50-49-118-46-45-116-42-41-114-38-37-112-34-33-110-30-29-108-13)76(100)86-26-24-67(94)87-54-61-52-60(22-23-66(61)122-81-72(99)70(97)71(98)73(123-81)80(105)106)56-120-82(107)89-63-20-18-19-62(53-63)84(9,10)74(85-11)77(101)91-75(83(6,7)8)78(102)93(12)65(57(2)3)51-58(4)79(103)104/h18-20,22-23,51-53,57,64-65,70-75,81,85,97-99H,14-17,21,24-50,54-56H2,1-13H3,(H,86,100)(H,87,94)(H,88,95)(H,89,107)(H,90,96)(H,91,101)(H,103,104)(H,105,106)/b58-51+,92-59+. The van der Waals surface area contributed by atoms with Crippen LogP contribution in [0.15, 0.2) is 59.3 Å². The van der Waals surface area contributed by atoms with Crippen LogP contribution in [-0.2, 0) is 128 Å². The summed E-state index contributed by atoms with van der Waals surface area (Å²) in [7, 11) is 4.80. The van der Waals surface area contributed by atoms with Gasteiger partial charge in [0.05, 0.1) is 170 Å². The number of rotatable bonds is 69. The molecule has 9 unspecified atom stereocenters. The number of carboxylic acid groups (broad SMARTS) is 2. The molecule has 123 heavy (non-hydrogen) atoms. The molecular weight excluding hydrogens is 1610 g/mol. The Kier molecular flexibility index (Phi) is 55.7. The molecular formula is C84H139N9O30. The number of hydrogen-bond donors (Lipinski definition) is 12. The van der Waals surface area contributed by atoms with Crippen molar-refractivity contribution in [2.45, 2.75) is 188 Å². The van der Waals surface area contributed by atoms with Gasteiger partial charge in [-0.05, 0) is 93.3 Å². The molecule has 1 fully saturated rings. The number of nitrogens with one attached hydrogen (secondary N) is 7. The summed E-state index contributed by atoms with van der Waals surface area (Å²) in [6.07, 6.45) is -7.25. The van der Waals surface area contributed by atoms with E-state index in [4.69, 9.17) is 75.9 Å². The molecule has 3 rings (SSSR count). The number of anilines is 1. The van der Waals surface area contributed by atoms with Crippen molar-refractivity contribution in [2.75, 3.05) is 198 Å². The van der Waals surface area contributed by atoms with E-state index in [0.717, 1.165) is 12.1 Å². The van der Waals surface area contributed by atoms with Gasteiger partial charge in [-0.1, -0.05) is 84.8 Å². The first kappa shape index (κ1) is 109. The van der Waals surface area contributed by atoms with E-state index in [9.17, 15) is 68.7 Å². The molecule has 700 valence electrons. The Hall–Kier alpha value is -8.20. The highest BCUT2D eigenvalue weighted by Gasteiger charge is 2.49. The number of carbonyl (C=O) groups excluding carboxylic acids is 7. The Morgan fingerprint density at radius 2 is 1.11 bits per heavy atom. The molecule has 1 aliphatic heterocycles. The highest BCUT2D eigenvalue weighted by molar-refractivity contribution is 5.92. The number of benzene rings is 2. The average Bonchev–Trinajstić information content (AvgIpc) is 0.799. The molecule has 7 amide bonds. The summed E-state index contributed by atoms with van der Waals surface area (Å²) in [5.41, 5.74) is 0.453. The Morgan fingerprint density at radius 1 is 0.585 bits per heavy atom. The smallest absolute Gasteiger partial charge is 0.411 e. The fourth-order valence-electron chi connectivity index (χ4n) is 11.8. The third-order valence-electron chi connectivity index (χ3n) is 19.1. The first-order valence-electron chi connectivity index (χ1n) is 41.8. The van der Waals surface area contributed by atoms with Crippen molar-refractivity contribution in [3.05, 3.63) is 70.8 Å². The number of aliphatic hydroxyl groups excluding tert-OH is 3. The van der Waals surface area contributed by atoms with E-state index in [2.05, 4.69) is 42.4 Å². The lowest BCUT2D eigenvalue weighted by Gasteiger charge is -2.40. The largest absolute Gasteiger partial charge is 0.479 e. The molecule has 0 radical (unpaired) electrons. The van der Waals surface area contributed by atoms with Crippen molar-refractivity contribution in [2.24, 2.45) is 16.5 Å². The number of carbonyl (C=O) groups is 9. The van der Waals surface area contributed by atoms with Crippen LogP contribution in [0.5, 0.6) is 5.75 Å². The fraction of sp³-hybridized carbons (Fsp3) is 0.714. The number of likely N-dealkylation sites (N-methyl/N-ethyl adjacent to an activating group) is 2. The van der Waals surface area contributed by atoms with Crippen LogP contribution in [0.3, 0.4) is 0 Å². The quantitative estimate of drug-likeness (QED) is 0.0196. The Balaban J connectivity index is 1.52. The zero-order chi connectivity index (χ0) is 91.0. The van der Waals surface area contributed by atoms with Gasteiger partial charge in [0, 0.05) is 75.3 Å². The Labute approximate surface area is 722 Å². The molecule has 39 nitrogen and oxygen atoms in total. The van der Waals surface area contributed by atoms with Crippen LogP contribution < -0.4 is 42.0 Å². The molecule has 2 aromatic carbocycles.